The molecule has 0 aliphatic heterocycles. The molecule has 4 nitrogen and oxygen atoms in total. The molecule has 0 fully saturated rings. The Hall–Kier alpha value is -2.35. The van der Waals surface area contributed by atoms with Crippen molar-refractivity contribution in [1.29, 1.82) is 0 Å². The zero-order chi connectivity index (χ0) is 19.3. The fraction of sp³-hybridized carbons (Fsp3) is 0.222. The van der Waals surface area contributed by atoms with Crippen molar-refractivity contribution in [2.24, 2.45) is 5.73 Å². The van der Waals surface area contributed by atoms with Gasteiger partial charge < -0.3 is 11.1 Å². The van der Waals surface area contributed by atoms with E-state index in [9.17, 15) is 22.8 Å². The first-order valence-electron chi connectivity index (χ1n) is 7.65. The summed E-state index contributed by atoms with van der Waals surface area (Å²) in [5, 5.41) is 2.48. The van der Waals surface area contributed by atoms with Gasteiger partial charge in [-0.3, -0.25) is 9.59 Å². The van der Waals surface area contributed by atoms with Crippen LogP contribution >= 0.6 is 15.9 Å². The van der Waals surface area contributed by atoms with Crippen molar-refractivity contribution in [1.82, 2.24) is 5.32 Å². The van der Waals surface area contributed by atoms with Gasteiger partial charge in [0, 0.05) is 10.9 Å². The third kappa shape index (κ3) is 5.59. The van der Waals surface area contributed by atoms with Crippen LogP contribution in [-0.2, 0) is 28.6 Å². The smallest absolute Gasteiger partial charge is 0.368 e. The molecule has 0 unspecified atom stereocenters. The van der Waals surface area contributed by atoms with E-state index in [4.69, 9.17) is 5.73 Å². The number of carbonyl (C=O) groups is 2. The summed E-state index contributed by atoms with van der Waals surface area (Å²) >= 11 is 3.35. The van der Waals surface area contributed by atoms with E-state index >= 15 is 0 Å². The van der Waals surface area contributed by atoms with Crippen molar-refractivity contribution >= 4 is 27.7 Å². The minimum absolute atomic E-state index is 0.172. The fourth-order valence-electron chi connectivity index (χ4n) is 2.39. The lowest BCUT2D eigenvalue weighted by Gasteiger charge is -2.17. The van der Waals surface area contributed by atoms with Gasteiger partial charge in [-0.2, -0.15) is 13.2 Å². The normalized spacial score (nSPS) is 12.5. The predicted molar refractivity (Wildman–Crippen MR) is 94.1 cm³/mol. The van der Waals surface area contributed by atoms with Crippen LogP contribution < -0.4 is 11.1 Å². The summed E-state index contributed by atoms with van der Waals surface area (Å²) in [7, 11) is 0. The minimum atomic E-state index is -4.48. The largest absolute Gasteiger partial charge is 0.416 e. The van der Waals surface area contributed by atoms with Gasteiger partial charge in [0.1, 0.15) is 6.04 Å². The van der Waals surface area contributed by atoms with Gasteiger partial charge in [-0.05, 0) is 23.3 Å². The van der Waals surface area contributed by atoms with Crippen molar-refractivity contribution in [3.63, 3.8) is 0 Å². The summed E-state index contributed by atoms with van der Waals surface area (Å²) in [4.78, 5) is 23.8. The SMILES string of the molecule is NC(=O)[C@H](Cc1ccccc1Br)NC(=O)Cc1cccc(C(F)(F)F)c1. The van der Waals surface area contributed by atoms with Gasteiger partial charge in [0.2, 0.25) is 11.8 Å². The fourth-order valence-corrected chi connectivity index (χ4v) is 2.84. The third-order valence-corrected chi connectivity index (χ3v) is 4.45. The molecule has 0 bridgehead atoms. The maximum atomic E-state index is 12.7. The molecule has 0 aliphatic carbocycles. The second kappa shape index (κ2) is 8.35. The van der Waals surface area contributed by atoms with E-state index in [2.05, 4.69) is 21.2 Å². The second-order valence-corrected chi connectivity index (χ2v) is 6.55. The van der Waals surface area contributed by atoms with Crippen LogP contribution in [0.15, 0.2) is 53.0 Å². The second-order valence-electron chi connectivity index (χ2n) is 5.69. The topological polar surface area (TPSA) is 72.2 Å². The van der Waals surface area contributed by atoms with E-state index in [-0.39, 0.29) is 18.4 Å². The molecule has 2 rings (SSSR count). The summed E-state index contributed by atoms with van der Waals surface area (Å²) in [6, 6.07) is 10.7. The summed E-state index contributed by atoms with van der Waals surface area (Å²) < 4.78 is 39.0. The first-order chi connectivity index (χ1) is 12.2. The van der Waals surface area contributed by atoms with Crippen LogP contribution in [0.4, 0.5) is 13.2 Å². The number of benzene rings is 2. The van der Waals surface area contributed by atoms with Crippen LogP contribution in [0.5, 0.6) is 0 Å². The summed E-state index contributed by atoms with van der Waals surface area (Å²) in [5.74, 6) is -1.31. The highest BCUT2D eigenvalue weighted by Gasteiger charge is 2.30. The maximum Gasteiger partial charge on any atom is 0.416 e. The lowest BCUT2D eigenvalue weighted by molar-refractivity contribution is -0.137. The standard InChI is InChI=1S/C18H16BrF3N2O2/c19-14-7-2-1-5-12(14)10-15(17(23)26)24-16(25)9-11-4-3-6-13(8-11)18(20,21)22/h1-8,15H,9-10H2,(H2,23,26)(H,24,25)/t15-/m0/s1. The summed E-state index contributed by atoms with van der Waals surface area (Å²) in [5.41, 5.74) is 5.48. The molecular weight excluding hydrogens is 413 g/mol. The summed E-state index contributed by atoms with van der Waals surface area (Å²) in [6.07, 6.45) is -4.60. The molecule has 2 aromatic rings. The van der Waals surface area contributed by atoms with Crippen LogP contribution in [0.3, 0.4) is 0 Å². The number of amides is 2. The Morgan fingerprint density at radius 1 is 1.12 bits per heavy atom. The van der Waals surface area contributed by atoms with Crippen LogP contribution in [0.2, 0.25) is 0 Å². The van der Waals surface area contributed by atoms with Gasteiger partial charge in [-0.15, -0.1) is 0 Å². The minimum Gasteiger partial charge on any atom is -0.368 e. The lowest BCUT2D eigenvalue weighted by atomic mass is 10.0. The van der Waals surface area contributed by atoms with E-state index in [0.717, 1.165) is 22.2 Å². The van der Waals surface area contributed by atoms with Gasteiger partial charge >= 0.3 is 6.18 Å². The lowest BCUT2D eigenvalue weighted by Crippen LogP contribution is -2.46. The highest BCUT2D eigenvalue weighted by atomic mass is 79.9. The van der Waals surface area contributed by atoms with Crippen LogP contribution in [-0.4, -0.2) is 17.9 Å². The predicted octanol–water partition coefficient (Wildman–Crippen LogP) is 3.22. The number of rotatable bonds is 6. The number of carbonyl (C=O) groups excluding carboxylic acids is 2. The third-order valence-electron chi connectivity index (χ3n) is 3.68. The monoisotopic (exact) mass is 428 g/mol. The average Bonchev–Trinajstić information content (AvgIpc) is 2.55. The van der Waals surface area contributed by atoms with Gasteiger partial charge in [-0.25, -0.2) is 0 Å². The Morgan fingerprint density at radius 2 is 1.81 bits per heavy atom. The van der Waals surface area contributed by atoms with Gasteiger partial charge in [0.25, 0.3) is 0 Å². The van der Waals surface area contributed by atoms with Crippen LogP contribution in [0.1, 0.15) is 16.7 Å². The van der Waals surface area contributed by atoms with Crippen molar-refractivity contribution in [3.05, 3.63) is 69.7 Å². The molecule has 8 heteroatoms. The van der Waals surface area contributed by atoms with Crippen molar-refractivity contribution in [2.75, 3.05) is 0 Å². The Labute approximate surface area is 156 Å². The van der Waals surface area contributed by atoms with Crippen molar-refractivity contribution in [3.8, 4) is 0 Å². The molecule has 0 aromatic heterocycles. The molecule has 0 spiro atoms. The molecule has 138 valence electrons. The molecule has 26 heavy (non-hydrogen) atoms. The van der Waals surface area contributed by atoms with Gasteiger partial charge in [-0.1, -0.05) is 52.3 Å². The highest BCUT2D eigenvalue weighted by Crippen LogP contribution is 2.29. The van der Waals surface area contributed by atoms with E-state index in [1.807, 2.05) is 0 Å². The number of nitrogens with one attached hydrogen (secondary N) is 1. The molecule has 2 amide bonds. The molecule has 0 saturated carbocycles. The zero-order valence-electron chi connectivity index (χ0n) is 13.5. The van der Waals surface area contributed by atoms with Gasteiger partial charge in [0.15, 0.2) is 0 Å². The van der Waals surface area contributed by atoms with E-state index in [1.165, 1.54) is 12.1 Å². The number of halogens is 4. The van der Waals surface area contributed by atoms with E-state index in [1.54, 1.807) is 24.3 Å². The Balaban J connectivity index is 2.07. The Morgan fingerprint density at radius 3 is 2.42 bits per heavy atom. The van der Waals surface area contributed by atoms with Crippen LogP contribution in [0.25, 0.3) is 0 Å². The molecule has 0 heterocycles. The number of primary amides is 1. The van der Waals surface area contributed by atoms with E-state index in [0.29, 0.717) is 0 Å². The molecule has 2 aromatic carbocycles. The first kappa shape index (κ1) is 20.0. The maximum absolute atomic E-state index is 12.7. The molecular formula is C18H16BrF3N2O2. The number of hydrogen-bond donors (Lipinski definition) is 2. The Bertz CT molecular complexity index is 809. The quantitative estimate of drug-likeness (QED) is 0.741. The first-order valence-corrected chi connectivity index (χ1v) is 8.44. The van der Waals surface area contributed by atoms with Gasteiger partial charge in [0.05, 0.1) is 12.0 Å². The number of nitrogens with two attached hydrogens (primary N) is 1. The Kier molecular flexibility index (Phi) is 6.42. The molecule has 0 saturated heterocycles. The summed E-state index contributed by atoms with van der Waals surface area (Å²) in [6.45, 7) is 0. The van der Waals surface area contributed by atoms with Crippen molar-refractivity contribution in [2.45, 2.75) is 25.1 Å². The highest BCUT2D eigenvalue weighted by molar-refractivity contribution is 9.10. The molecule has 0 radical (unpaired) electrons. The van der Waals surface area contributed by atoms with Crippen molar-refractivity contribution < 1.29 is 22.8 Å². The number of alkyl halides is 3. The average molecular weight is 429 g/mol. The molecule has 0 aliphatic rings. The molecule has 1 atom stereocenters. The van der Waals surface area contributed by atoms with Crippen LogP contribution in [0, 0.1) is 0 Å². The number of hydrogen-bond acceptors (Lipinski definition) is 2. The van der Waals surface area contributed by atoms with E-state index < -0.39 is 29.6 Å². The molecule has 3 N–H and O–H groups in total. The zero-order valence-corrected chi connectivity index (χ0v) is 15.1.